The van der Waals surface area contributed by atoms with Crippen molar-refractivity contribution < 1.29 is 38.1 Å². The van der Waals surface area contributed by atoms with Crippen molar-refractivity contribution in [3.05, 3.63) is 330 Å². The van der Waals surface area contributed by atoms with Crippen molar-refractivity contribution in [3.63, 3.8) is 0 Å². The maximum atomic E-state index is 13.4. The second-order valence-corrected chi connectivity index (χ2v) is 31.3. The summed E-state index contributed by atoms with van der Waals surface area (Å²) in [5, 5.41) is 14.1. The van der Waals surface area contributed by atoms with Gasteiger partial charge in [-0.05, 0) is 162 Å². The Bertz CT molecular complexity index is 6460. The monoisotopic (exact) mass is 1690 g/mol. The van der Waals surface area contributed by atoms with E-state index in [1.807, 2.05) is 139 Å². The molecular weight excluding hydrogens is 1590 g/mol. The summed E-state index contributed by atoms with van der Waals surface area (Å²) in [6.45, 7) is 28.3. The highest BCUT2D eigenvalue weighted by Gasteiger charge is 2.30. The van der Waals surface area contributed by atoms with Gasteiger partial charge in [0.2, 0.25) is 0 Å². The number of benzene rings is 3. The molecule has 12 aromatic heterocycles. The molecular formula is C95H104N16O12S. The van der Waals surface area contributed by atoms with Gasteiger partial charge in [0.1, 0.15) is 17.2 Å². The van der Waals surface area contributed by atoms with Gasteiger partial charge in [-0.25, -0.2) is 4.98 Å². The van der Waals surface area contributed by atoms with Gasteiger partial charge < -0.3 is 78.4 Å². The Morgan fingerprint density at radius 2 is 0.742 bits per heavy atom. The smallest absolute Gasteiger partial charge is 0.256 e. The van der Waals surface area contributed by atoms with Crippen molar-refractivity contribution in [2.75, 3.05) is 34.5 Å². The number of nitrogens with zero attached hydrogens (tertiary/aromatic N) is 8. The van der Waals surface area contributed by atoms with E-state index in [4.69, 9.17) is 18.9 Å². The fourth-order valence-corrected chi connectivity index (χ4v) is 17.2. The van der Waals surface area contributed by atoms with Gasteiger partial charge in [-0.1, -0.05) is 91.0 Å². The van der Waals surface area contributed by atoms with Crippen LogP contribution in [0.1, 0.15) is 190 Å². The van der Waals surface area contributed by atoms with Crippen molar-refractivity contribution in [1.82, 2.24) is 79.4 Å². The van der Waals surface area contributed by atoms with Crippen LogP contribution in [-0.2, 0) is 30.9 Å². The Morgan fingerprint density at radius 3 is 1.09 bits per heavy atom. The summed E-state index contributed by atoms with van der Waals surface area (Å²) in [5.74, 6) is 0.439. The minimum Gasteiger partial charge on any atom is -0.496 e. The van der Waals surface area contributed by atoms with Gasteiger partial charge in [-0.2, -0.15) is 0 Å². The molecule has 4 unspecified atom stereocenters. The van der Waals surface area contributed by atoms with Gasteiger partial charge in [-0.15, -0.1) is 11.3 Å². The lowest BCUT2D eigenvalue weighted by Crippen LogP contribution is -2.28. The molecule has 0 saturated heterocycles. The lowest BCUT2D eigenvalue weighted by molar-refractivity contribution is 0.0943. The number of hydrogen-bond acceptors (Lipinski definition) is 17. The van der Waals surface area contributed by atoms with Gasteiger partial charge >= 0.3 is 0 Å². The number of amides is 4. The molecule has 4 amide bonds. The maximum Gasteiger partial charge on any atom is 0.256 e. The van der Waals surface area contributed by atoms with Crippen molar-refractivity contribution in [3.8, 4) is 17.2 Å². The fraction of sp³-hybridized carbons (Fsp3) is 0.284. The highest BCUT2D eigenvalue weighted by atomic mass is 32.1. The lowest BCUT2D eigenvalue weighted by Gasteiger charge is -2.18. The zero-order chi connectivity index (χ0) is 88.9. The number of rotatable bonds is 25. The first-order valence-corrected chi connectivity index (χ1v) is 41.6. The van der Waals surface area contributed by atoms with E-state index in [1.54, 1.807) is 88.8 Å². The number of pyridine rings is 7. The van der Waals surface area contributed by atoms with Crippen molar-refractivity contribution in [2.45, 2.75) is 147 Å². The number of nitrogens with one attached hydrogen (secondary N) is 8. The third-order valence-corrected chi connectivity index (χ3v) is 23.1. The summed E-state index contributed by atoms with van der Waals surface area (Å²) >= 11 is 1.44. The summed E-state index contributed by atoms with van der Waals surface area (Å²) in [6.07, 6.45) is 10.4. The molecule has 15 aromatic rings. The van der Waals surface area contributed by atoms with E-state index in [1.165, 1.54) is 25.6 Å². The van der Waals surface area contributed by atoms with E-state index in [0.717, 1.165) is 93.8 Å². The van der Waals surface area contributed by atoms with Crippen LogP contribution in [0.4, 0.5) is 0 Å². The van der Waals surface area contributed by atoms with Crippen LogP contribution < -0.4 is 57.7 Å². The first kappa shape index (κ1) is 89.2. The topological polar surface area (TPSA) is 356 Å². The average Bonchev–Trinajstić information content (AvgIpc) is 1.62. The number of aromatic nitrogens is 12. The Balaban J connectivity index is 0.000000151. The fourth-order valence-electron chi connectivity index (χ4n) is 16.3. The molecule has 28 nitrogen and oxygen atoms in total. The predicted octanol–water partition coefficient (Wildman–Crippen LogP) is 14.9. The van der Waals surface area contributed by atoms with Crippen LogP contribution in [0.25, 0.3) is 43.1 Å². The number of hydrogen-bond donors (Lipinski definition) is 8. The zero-order valence-electron chi connectivity index (χ0n) is 72.7. The molecule has 12 heterocycles. The molecule has 0 fully saturated rings. The van der Waals surface area contributed by atoms with Crippen LogP contribution in [0.5, 0.6) is 17.2 Å². The van der Waals surface area contributed by atoms with Gasteiger partial charge in [0.15, 0.2) is 5.65 Å². The quantitative estimate of drug-likeness (QED) is 0.0263. The molecule has 4 atom stereocenters. The van der Waals surface area contributed by atoms with Crippen LogP contribution in [0, 0.1) is 62.3 Å². The predicted molar refractivity (Wildman–Crippen MR) is 484 cm³/mol. The van der Waals surface area contributed by atoms with Crippen LogP contribution in [-0.4, -0.2) is 116 Å². The Hall–Kier alpha value is -14.1. The summed E-state index contributed by atoms with van der Waals surface area (Å²) in [6, 6.07) is 43.3. The number of ether oxygens (including phenoxy) is 4. The Labute approximate surface area is 720 Å². The summed E-state index contributed by atoms with van der Waals surface area (Å²) in [7, 11) is 4.67. The van der Waals surface area contributed by atoms with Crippen LogP contribution in [0.2, 0.25) is 0 Å². The molecule has 0 aliphatic heterocycles. The van der Waals surface area contributed by atoms with Gasteiger partial charge in [0, 0.05) is 99.5 Å². The standard InChI is InChI=1S/C26H28N4O3.2C25H26N4O3.C19H24N4O3S/c1-5-33-23-13-16(2)29-25(31)21(23)14-28-26(32)24-18(4)30(22-15-27-12-11-20(22)24)17(3)19-9-7-6-8-10-19;2*1-15-12-22(32-4)20(24(30)28-15)13-27-25(31)23-17(3)29(21-14-26-11-10-19(21)23)16(2)18-8-6-5-7-9-18;1-10-6-11(2)22-18(24)14(10)7-20-19(25)15-13(4)23(12(3)8-26-5)17-16(15)27-9-21-17/h6-13,15,17H,5,14H2,1-4H3,(H,28,32)(H,29,31);2*5-12,14,16H,13H2,1-4H3,(H,27,31)(H,28,30);6,9,12H,7-8H2,1-5H3,(H,20,25)(H,22,24). The number of carbonyl (C=O) groups excluding carboxylic acids is 4. The van der Waals surface area contributed by atoms with E-state index in [9.17, 15) is 38.4 Å². The minimum absolute atomic E-state index is 0.0175. The molecule has 0 radical (unpaired) electrons. The first-order valence-electron chi connectivity index (χ1n) is 40.7. The van der Waals surface area contributed by atoms with Crippen molar-refractivity contribution in [2.24, 2.45) is 0 Å². The number of aryl methyl sites for hydroxylation is 5. The summed E-state index contributed by atoms with van der Waals surface area (Å²) < 4.78 is 30.9. The number of aromatic amines is 4. The zero-order valence-corrected chi connectivity index (χ0v) is 73.5. The van der Waals surface area contributed by atoms with E-state index in [0.29, 0.717) is 92.1 Å². The normalized spacial score (nSPS) is 12.1. The molecule has 642 valence electrons. The SMILES string of the molecule is CCOc1cc(C)[nH]c(=O)c1CNC(=O)c1c(C)n(C(C)c2ccccc2)c2cnccc12.COCC(C)n1c(C)c(C(=O)NCc2c(C)cc(C)[nH]c2=O)c2scnc21.COc1cc(C)[nH]c(=O)c1CNC(=O)c1c(C)n(C(C)c2ccccc2)c2cnccc12.COc1cc(C)[nH]c(=O)c1CNC(=O)c1c(C)n(C(C)c2ccccc2)c2cnccc12. The molecule has 29 heteroatoms. The molecule has 15 rings (SSSR count). The Morgan fingerprint density at radius 1 is 0.419 bits per heavy atom. The molecule has 8 N–H and O–H groups in total. The van der Waals surface area contributed by atoms with E-state index < -0.39 is 0 Å². The second-order valence-electron chi connectivity index (χ2n) is 30.5. The molecule has 0 saturated carbocycles. The van der Waals surface area contributed by atoms with E-state index in [2.05, 4.69) is 132 Å². The van der Waals surface area contributed by atoms with Crippen molar-refractivity contribution >= 4 is 78.0 Å². The molecule has 3 aromatic carbocycles. The van der Waals surface area contributed by atoms with Crippen LogP contribution in [0.15, 0.2) is 195 Å². The number of H-pyrrole nitrogens is 4. The number of thiazole rings is 1. The van der Waals surface area contributed by atoms with Gasteiger partial charge in [0.25, 0.3) is 45.9 Å². The first-order chi connectivity index (χ1) is 59.6. The number of methoxy groups -OCH3 is 3. The maximum absolute atomic E-state index is 13.4. The number of carbonyl (C=O) groups is 4. The molecule has 0 aliphatic carbocycles. The largest absolute Gasteiger partial charge is 0.496 e. The second kappa shape index (κ2) is 39.6. The minimum atomic E-state index is -0.275. The van der Waals surface area contributed by atoms with Crippen LogP contribution in [0.3, 0.4) is 0 Å². The molecule has 0 aliphatic rings. The average molecular weight is 1690 g/mol. The lowest BCUT2D eigenvalue weighted by atomic mass is 10.1. The van der Waals surface area contributed by atoms with E-state index >= 15 is 0 Å². The Kier molecular flexibility index (Phi) is 28.5. The summed E-state index contributed by atoms with van der Waals surface area (Å²) in [4.78, 5) is 131. The third-order valence-electron chi connectivity index (χ3n) is 22.3. The molecule has 0 spiro atoms. The van der Waals surface area contributed by atoms with Crippen LogP contribution >= 0.6 is 11.3 Å². The number of fused-ring (bicyclic) bond motifs is 4. The van der Waals surface area contributed by atoms with Gasteiger partial charge in [0.05, 0.1) is 156 Å². The summed E-state index contributed by atoms with van der Waals surface area (Å²) in [5.41, 5.74) is 18.8. The molecule has 124 heavy (non-hydrogen) atoms. The van der Waals surface area contributed by atoms with E-state index in [-0.39, 0.29) is 96.2 Å². The third kappa shape index (κ3) is 19.0. The highest BCUT2D eigenvalue weighted by molar-refractivity contribution is 7.17. The van der Waals surface area contributed by atoms with Gasteiger partial charge in [-0.3, -0.25) is 53.3 Å². The van der Waals surface area contributed by atoms with Crippen molar-refractivity contribution in [1.29, 1.82) is 0 Å². The molecule has 0 bridgehead atoms. The highest BCUT2D eigenvalue weighted by Crippen LogP contribution is 2.37.